The maximum absolute atomic E-state index is 9.14. The number of benzene rings is 1. The van der Waals surface area contributed by atoms with Crippen molar-refractivity contribution in [3.05, 3.63) is 24.3 Å². The van der Waals surface area contributed by atoms with Crippen molar-refractivity contribution in [2.45, 2.75) is 26.7 Å². The first-order valence-corrected chi connectivity index (χ1v) is 5.43. The summed E-state index contributed by atoms with van der Waals surface area (Å²) in [6.45, 7) is 5.09. The summed E-state index contributed by atoms with van der Waals surface area (Å²) in [5.41, 5.74) is 1.09. The van der Waals surface area contributed by atoms with Gasteiger partial charge in [-0.15, -0.1) is 0 Å². The molecule has 0 fully saturated rings. The zero-order valence-corrected chi connectivity index (χ0v) is 9.83. The molecule has 0 bridgehead atoms. The van der Waals surface area contributed by atoms with Crippen LogP contribution in [0.3, 0.4) is 0 Å². The molecule has 0 atom stereocenters. The molecule has 0 aliphatic rings. The van der Waals surface area contributed by atoms with Gasteiger partial charge in [0.1, 0.15) is 5.75 Å². The third-order valence-electron chi connectivity index (χ3n) is 2.55. The molecule has 16 heavy (non-hydrogen) atoms. The standard InChI is InChI=1S/C13H18N2O/c1-13(2,8-3-9-14)10-15-11-4-6-12(16)7-5-11/h4-7,15-16H,3,8,10H2,1-2H3. The number of aromatic hydroxyl groups is 1. The summed E-state index contributed by atoms with van der Waals surface area (Å²) in [4.78, 5) is 0. The van der Waals surface area contributed by atoms with Gasteiger partial charge in [-0.3, -0.25) is 0 Å². The summed E-state index contributed by atoms with van der Waals surface area (Å²) in [6, 6.07) is 9.17. The molecule has 0 saturated carbocycles. The molecule has 3 nitrogen and oxygen atoms in total. The Kier molecular flexibility index (Phi) is 4.19. The number of rotatable bonds is 5. The Balaban J connectivity index is 2.45. The van der Waals surface area contributed by atoms with Crippen LogP contribution < -0.4 is 5.32 Å². The predicted octanol–water partition coefficient (Wildman–Crippen LogP) is 3.13. The zero-order valence-electron chi connectivity index (χ0n) is 9.83. The van der Waals surface area contributed by atoms with E-state index in [1.807, 2.05) is 12.1 Å². The number of phenolic OH excluding ortho intramolecular Hbond substituents is 1. The molecule has 0 saturated heterocycles. The number of nitrogens with zero attached hydrogens (tertiary/aromatic N) is 1. The SMILES string of the molecule is CC(C)(CCC#N)CNc1ccc(O)cc1. The lowest BCUT2D eigenvalue weighted by atomic mass is 9.88. The van der Waals surface area contributed by atoms with Crippen molar-refractivity contribution < 1.29 is 5.11 Å². The van der Waals surface area contributed by atoms with E-state index in [0.29, 0.717) is 6.42 Å². The first-order chi connectivity index (χ1) is 7.53. The Labute approximate surface area is 96.7 Å². The maximum atomic E-state index is 9.14. The van der Waals surface area contributed by atoms with Gasteiger partial charge < -0.3 is 10.4 Å². The largest absolute Gasteiger partial charge is 0.508 e. The van der Waals surface area contributed by atoms with Crippen LogP contribution in [0.1, 0.15) is 26.7 Å². The number of nitriles is 1. The molecule has 86 valence electrons. The van der Waals surface area contributed by atoms with Crippen LogP contribution in [-0.2, 0) is 0 Å². The first kappa shape index (κ1) is 12.4. The topological polar surface area (TPSA) is 56.0 Å². The fourth-order valence-electron chi connectivity index (χ4n) is 1.40. The molecule has 3 heteroatoms. The Morgan fingerprint density at radius 3 is 2.50 bits per heavy atom. The number of phenols is 1. The fourth-order valence-corrected chi connectivity index (χ4v) is 1.40. The van der Waals surface area contributed by atoms with E-state index in [-0.39, 0.29) is 11.2 Å². The molecule has 1 rings (SSSR count). The molecule has 2 N–H and O–H groups in total. The molecule has 0 unspecified atom stereocenters. The molecule has 0 aliphatic carbocycles. The van der Waals surface area contributed by atoms with E-state index in [2.05, 4.69) is 25.2 Å². The van der Waals surface area contributed by atoms with Crippen molar-refractivity contribution in [1.82, 2.24) is 0 Å². The molecular formula is C13H18N2O. The Hall–Kier alpha value is -1.69. The molecule has 0 aromatic heterocycles. The lowest BCUT2D eigenvalue weighted by Gasteiger charge is -2.24. The normalized spacial score (nSPS) is 10.8. The second kappa shape index (κ2) is 5.41. The minimum Gasteiger partial charge on any atom is -0.508 e. The third kappa shape index (κ3) is 4.22. The summed E-state index contributed by atoms with van der Waals surface area (Å²) < 4.78 is 0. The summed E-state index contributed by atoms with van der Waals surface area (Å²) in [5, 5.41) is 21.0. The van der Waals surface area contributed by atoms with Gasteiger partial charge in [-0.1, -0.05) is 13.8 Å². The number of anilines is 1. The highest BCUT2D eigenvalue weighted by molar-refractivity contribution is 5.46. The van der Waals surface area contributed by atoms with Crippen molar-refractivity contribution in [3.63, 3.8) is 0 Å². The zero-order chi connectivity index (χ0) is 12.0. The van der Waals surface area contributed by atoms with E-state index in [9.17, 15) is 0 Å². The fraction of sp³-hybridized carbons (Fsp3) is 0.462. The van der Waals surface area contributed by atoms with Crippen LogP contribution in [0, 0.1) is 16.7 Å². The maximum Gasteiger partial charge on any atom is 0.115 e. The summed E-state index contributed by atoms with van der Waals surface area (Å²) in [7, 11) is 0. The van der Waals surface area contributed by atoms with E-state index in [1.54, 1.807) is 12.1 Å². The average Bonchev–Trinajstić information content (AvgIpc) is 2.26. The van der Waals surface area contributed by atoms with Gasteiger partial charge in [0.2, 0.25) is 0 Å². The molecule has 0 aliphatic heterocycles. The van der Waals surface area contributed by atoms with Gasteiger partial charge in [0, 0.05) is 18.7 Å². The summed E-state index contributed by atoms with van der Waals surface area (Å²) in [6.07, 6.45) is 1.47. The number of hydrogen-bond acceptors (Lipinski definition) is 3. The molecule has 0 spiro atoms. The van der Waals surface area contributed by atoms with Crippen LogP contribution in [0.15, 0.2) is 24.3 Å². The minimum atomic E-state index is 0.105. The minimum absolute atomic E-state index is 0.105. The van der Waals surface area contributed by atoms with Crippen molar-refractivity contribution in [2.75, 3.05) is 11.9 Å². The first-order valence-electron chi connectivity index (χ1n) is 5.43. The van der Waals surface area contributed by atoms with Crippen LogP contribution in [0.4, 0.5) is 5.69 Å². The smallest absolute Gasteiger partial charge is 0.115 e. The quantitative estimate of drug-likeness (QED) is 0.746. The summed E-state index contributed by atoms with van der Waals surface area (Å²) in [5.74, 6) is 0.272. The number of hydrogen-bond donors (Lipinski definition) is 2. The lowest BCUT2D eigenvalue weighted by molar-refractivity contribution is 0.364. The van der Waals surface area contributed by atoms with E-state index >= 15 is 0 Å². The van der Waals surface area contributed by atoms with Crippen molar-refractivity contribution in [1.29, 1.82) is 5.26 Å². The Morgan fingerprint density at radius 2 is 1.94 bits per heavy atom. The van der Waals surface area contributed by atoms with Gasteiger partial charge >= 0.3 is 0 Å². The van der Waals surface area contributed by atoms with Crippen molar-refractivity contribution >= 4 is 5.69 Å². The average molecular weight is 218 g/mol. The molecule has 0 amide bonds. The van der Waals surface area contributed by atoms with Crippen LogP contribution in [-0.4, -0.2) is 11.7 Å². The van der Waals surface area contributed by atoms with E-state index in [1.165, 1.54) is 0 Å². The highest BCUT2D eigenvalue weighted by Gasteiger charge is 2.16. The van der Waals surface area contributed by atoms with Crippen LogP contribution >= 0.6 is 0 Å². The van der Waals surface area contributed by atoms with Gasteiger partial charge in [-0.05, 0) is 36.1 Å². The second-order valence-electron chi connectivity index (χ2n) is 4.72. The van der Waals surface area contributed by atoms with E-state index in [0.717, 1.165) is 18.7 Å². The second-order valence-corrected chi connectivity index (χ2v) is 4.72. The number of nitrogens with one attached hydrogen (secondary N) is 1. The van der Waals surface area contributed by atoms with Gasteiger partial charge in [0.05, 0.1) is 6.07 Å². The molecular weight excluding hydrogens is 200 g/mol. The van der Waals surface area contributed by atoms with E-state index < -0.39 is 0 Å². The Morgan fingerprint density at radius 1 is 1.31 bits per heavy atom. The Bertz CT molecular complexity index is 363. The van der Waals surface area contributed by atoms with Gasteiger partial charge in [-0.2, -0.15) is 5.26 Å². The monoisotopic (exact) mass is 218 g/mol. The molecule has 0 heterocycles. The van der Waals surface area contributed by atoms with Crippen LogP contribution in [0.5, 0.6) is 5.75 Å². The molecule has 1 aromatic rings. The van der Waals surface area contributed by atoms with Gasteiger partial charge in [0.25, 0.3) is 0 Å². The van der Waals surface area contributed by atoms with E-state index in [4.69, 9.17) is 10.4 Å². The van der Waals surface area contributed by atoms with Gasteiger partial charge in [0.15, 0.2) is 0 Å². The highest BCUT2D eigenvalue weighted by atomic mass is 16.3. The molecule has 1 aromatic carbocycles. The van der Waals surface area contributed by atoms with Crippen LogP contribution in [0.2, 0.25) is 0 Å². The highest BCUT2D eigenvalue weighted by Crippen LogP contribution is 2.23. The van der Waals surface area contributed by atoms with Gasteiger partial charge in [-0.25, -0.2) is 0 Å². The van der Waals surface area contributed by atoms with Crippen molar-refractivity contribution in [2.24, 2.45) is 5.41 Å². The van der Waals surface area contributed by atoms with Crippen molar-refractivity contribution in [3.8, 4) is 11.8 Å². The third-order valence-corrected chi connectivity index (χ3v) is 2.55. The van der Waals surface area contributed by atoms with Crippen LogP contribution in [0.25, 0.3) is 0 Å². The molecule has 0 radical (unpaired) electrons. The summed E-state index contributed by atoms with van der Waals surface area (Å²) >= 11 is 0. The predicted molar refractivity (Wildman–Crippen MR) is 65.2 cm³/mol. The lowest BCUT2D eigenvalue weighted by Crippen LogP contribution is -2.22.